The van der Waals surface area contributed by atoms with Crippen LogP contribution in [0.1, 0.15) is 0 Å². The fourth-order valence-electron chi connectivity index (χ4n) is 8.82. The minimum absolute atomic E-state index is 0.831. The Balaban J connectivity index is 0.989. The average Bonchev–Trinajstić information content (AvgIpc) is 3.63. The van der Waals surface area contributed by atoms with Crippen LogP contribution in [0.3, 0.4) is 0 Å². The maximum atomic E-state index is 6.62. The topological polar surface area (TPSA) is 20.6 Å². The van der Waals surface area contributed by atoms with Gasteiger partial charge in [0.1, 0.15) is 0 Å². The van der Waals surface area contributed by atoms with Gasteiger partial charge in [-0.2, -0.15) is 0 Å². The normalized spacial score (nSPS) is 12.7. The molecule has 0 amide bonds. The van der Waals surface area contributed by atoms with Crippen LogP contribution in [0.25, 0.3) is 49.7 Å². The molecule has 0 N–H and O–H groups in total. The minimum Gasteiger partial charge on any atom is -0.453 e. The number of anilines is 6. The van der Waals surface area contributed by atoms with Crippen molar-refractivity contribution in [2.45, 2.75) is 9.79 Å². The Kier molecular flexibility index (Phi) is 7.75. The molecule has 4 nitrogen and oxygen atoms in total. The van der Waals surface area contributed by atoms with Crippen LogP contribution in [0, 0.1) is 0 Å². The van der Waals surface area contributed by atoms with E-state index in [2.05, 4.69) is 215 Å². The van der Waals surface area contributed by atoms with Gasteiger partial charge in [0.05, 0.1) is 33.8 Å². The third kappa shape index (κ3) is 5.54. The molecule has 0 fully saturated rings. The lowest BCUT2D eigenvalue weighted by molar-refractivity contribution is 0.477. The summed E-state index contributed by atoms with van der Waals surface area (Å²) in [7, 11) is 0. The molecule has 59 heavy (non-hydrogen) atoms. The second-order valence-electron chi connectivity index (χ2n) is 15.0. The SMILES string of the molecule is c1ccc(N2c3ccccc3Oc3cc(-c4ccc5c(c4)c4cc(-c6ccc7c(c6)Sc6ccccc6N7c6ccccc6)ccc4n5-c4ccccc4)ccc32)cc1. The van der Waals surface area contributed by atoms with Crippen molar-refractivity contribution in [3.8, 4) is 39.4 Å². The Morgan fingerprint density at radius 2 is 0.780 bits per heavy atom. The zero-order valence-corrected chi connectivity index (χ0v) is 32.7. The third-order valence-electron chi connectivity index (χ3n) is 11.5. The van der Waals surface area contributed by atoms with E-state index in [1.807, 2.05) is 23.9 Å². The van der Waals surface area contributed by atoms with E-state index >= 15 is 0 Å². The van der Waals surface area contributed by atoms with E-state index in [1.165, 1.54) is 54.1 Å². The van der Waals surface area contributed by atoms with E-state index in [1.54, 1.807) is 0 Å². The summed E-state index contributed by atoms with van der Waals surface area (Å²) in [4.78, 5) is 7.15. The van der Waals surface area contributed by atoms with E-state index in [9.17, 15) is 0 Å². The summed E-state index contributed by atoms with van der Waals surface area (Å²) in [5.41, 5.74) is 14.8. The summed E-state index contributed by atoms with van der Waals surface area (Å²) in [6, 6.07) is 76.1. The van der Waals surface area contributed by atoms with Crippen LogP contribution in [-0.4, -0.2) is 4.57 Å². The quantitative estimate of drug-likeness (QED) is 0.174. The summed E-state index contributed by atoms with van der Waals surface area (Å²) in [5, 5.41) is 2.41. The molecule has 9 aromatic carbocycles. The Hall–Kier alpha value is -7.47. The monoisotopic (exact) mass is 773 g/mol. The molecule has 2 aliphatic heterocycles. The summed E-state index contributed by atoms with van der Waals surface area (Å²) < 4.78 is 9.01. The van der Waals surface area contributed by atoms with Gasteiger partial charge >= 0.3 is 0 Å². The van der Waals surface area contributed by atoms with E-state index in [4.69, 9.17) is 4.74 Å². The Morgan fingerprint density at radius 3 is 1.44 bits per heavy atom. The van der Waals surface area contributed by atoms with Crippen LogP contribution in [0.2, 0.25) is 0 Å². The molecule has 0 saturated heterocycles. The van der Waals surface area contributed by atoms with E-state index in [-0.39, 0.29) is 0 Å². The number of aromatic nitrogens is 1. The highest BCUT2D eigenvalue weighted by molar-refractivity contribution is 7.99. The predicted molar refractivity (Wildman–Crippen MR) is 245 cm³/mol. The molecule has 0 unspecified atom stereocenters. The van der Waals surface area contributed by atoms with E-state index in [0.29, 0.717) is 0 Å². The average molecular weight is 774 g/mol. The number of hydrogen-bond donors (Lipinski definition) is 0. The van der Waals surface area contributed by atoms with Gasteiger partial charge in [-0.25, -0.2) is 0 Å². The van der Waals surface area contributed by atoms with Crippen molar-refractivity contribution in [3.05, 3.63) is 212 Å². The summed E-state index contributed by atoms with van der Waals surface area (Å²) in [5.74, 6) is 1.67. The van der Waals surface area contributed by atoms with Gasteiger partial charge in [0.25, 0.3) is 0 Å². The molecule has 10 aromatic rings. The number of nitrogens with zero attached hydrogens (tertiary/aromatic N) is 3. The van der Waals surface area contributed by atoms with Crippen molar-refractivity contribution in [2.75, 3.05) is 9.80 Å². The van der Waals surface area contributed by atoms with Gasteiger partial charge in [-0.05, 0) is 131 Å². The molecular formula is C54H35N3OS. The number of ether oxygens (including phenoxy) is 1. The highest BCUT2D eigenvalue weighted by atomic mass is 32.2. The first-order chi connectivity index (χ1) is 29.2. The molecule has 278 valence electrons. The first-order valence-corrected chi connectivity index (χ1v) is 20.7. The molecule has 5 heteroatoms. The standard InChI is InChI=1S/C54H35N3OS/c1-4-14-40(15-5-1)55-45-28-24-36(38-26-30-48-52(34-38)58-51-22-12-10-20-47(51)56(48)41-16-6-2-7-17-41)32-43(45)44-33-37(25-29-46(44)55)39-27-31-50-54(35-39)59-53-23-13-11-21-49(53)57(50)42-18-8-3-9-19-42/h1-35H. The van der Waals surface area contributed by atoms with Crippen LogP contribution in [-0.2, 0) is 0 Å². The molecular weight excluding hydrogens is 739 g/mol. The molecule has 12 rings (SSSR count). The van der Waals surface area contributed by atoms with Crippen LogP contribution >= 0.6 is 11.8 Å². The van der Waals surface area contributed by atoms with Gasteiger partial charge in [-0.1, -0.05) is 115 Å². The number of fused-ring (bicyclic) bond motifs is 7. The first kappa shape index (κ1) is 33.6. The van der Waals surface area contributed by atoms with Gasteiger partial charge in [0.2, 0.25) is 0 Å². The van der Waals surface area contributed by atoms with Crippen molar-refractivity contribution in [2.24, 2.45) is 0 Å². The van der Waals surface area contributed by atoms with Crippen molar-refractivity contribution in [3.63, 3.8) is 0 Å². The van der Waals surface area contributed by atoms with Gasteiger partial charge in [0, 0.05) is 37.6 Å². The Bertz CT molecular complexity index is 3040. The van der Waals surface area contributed by atoms with E-state index in [0.717, 1.165) is 51.1 Å². The number of rotatable bonds is 5. The minimum atomic E-state index is 0.831. The zero-order valence-electron chi connectivity index (χ0n) is 31.9. The van der Waals surface area contributed by atoms with Crippen molar-refractivity contribution in [1.29, 1.82) is 0 Å². The first-order valence-electron chi connectivity index (χ1n) is 19.9. The highest BCUT2D eigenvalue weighted by Gasteiger charge is 2.27. The van der Waals surface area contributed by atoms with Crippen molar-refractivity contribution in [1.82, 2.24) is 4.57 Å². The molecule has 0 spiro atoms. The van der Waals surface area contributed by atoms with Crippen LogP contribution in [0.5, 0.6) is 11.5 Å². The Labute approximate surface area is 346 Å². The lowest BCUT2D eigenvalue weighted by Gasteiger charge is -2.33. The maximum Gasteiger partial charge on any atom is 0.152 e. The molecule has 1 aromatic heterocycles. The molecule has 0 bridgehead atoms. The van der Waals surface area contributed by atoms with Gasteiger partial charge < -0.3 is 19.1 Å². The molecule has 0 radical (unpaired) electrons. The fourth-order valence-corrected chi connectivity index (χ4v) is 9.92. The van der Waals surface area contributed by atoms with E-state index < -0.39 is 0 Å². The van der Waals surface area contributed by atoms with Crippen LogP contribution in [0.4, 0.5) is 34.1 Å². The molecule has 0 saturated carbocycles. The smallest absolute Gasteiger partial charge is 0.152 e. The number of hydrogen-bond acceptors (Lipinski definition) is 4. The predicted octanol–water partition coefficient (Wildman–Crippen LogP) is 15.6. The van der Waals surface area contributed by atoms with Gasteiger partial charge in [-0.15, -0.1) is 0 Å². The van der Waals surface area contributed by atoms with Gasteiger partial charge in [-0.3, -0.25) is 0 Å². The molecule has 0 atom stereocenters. The second kappa shape index (κ2) is 13.6. The summed E-state index contributed by atoms with van der Waals surface area (Å²) in [6.07, 6.45) is 0. The van der Waals surface area contributed by atoms with Crippen molar-refractivity contribution < 1.29 is 4.74 Å². The lowest BCUT2D eigenvalue weighted by Crippen LogP contribution is -2.15. The van der Waals surface area contributed by atoms with Gasteiger partial charge in [0.15, 0.2) is 11.5 Å². The lowest BCUT2D eigenvalue weighted by atomic mass is 9.99. The molecule has 3 heterocycles. The van der Waals surface area contributed by atoms with Crippen LogP contribution < -0.4 is 14.5 Å². The third-order valence-corrected chi connectivity index (χ3v) is 12.6. The largest absolute Gasteiger partial charge is 0.453 e. The number of benzene rings is 9. The highest BCUT2D eigenvalue weighted by Crippen LogP contribution is 2.53. The molecule has 2 aliphatic rings. The summed E-state index contributed by atoms with van der Waals surface area (Å²) in [6.45, 7) is 0. The zero-order chi connectivity index (χ0) is 38.9. The second-order valence-corrected chi connectivity index (χ2v) is 16.1. The van der Waals surface area contributed by atoms with Crippen LogP contribution in [0.15, 0.2) is 222 Å². The van der Waals surface area contributed by atoms with Crippen molar-refractivity contribution >= 4 is 67.7 Å². The fraction of sp³-hybridized carbons (Fsp3) is 0. The molecule has 0 aliphatic carbocycles. The number of para-hydroxylation sites is 6. The maximum absolute atomic E-state index is 6.62. The Morgan fingerprint density at radius 1 is 0.322 bits per heavy atom. The summed E-state index contributed by atoms with van der Waals surface area (Å²) >= 11 is 1.84.